The molecule has 0 radical (unpaired) electrons. The first-order valence-corrected chi connectivity index (χ1v) is 10.6. The zero-order valence-electron chi connectivity index (χ0n) is 16.5. The summed E-state index contributed by atoms with van der Waals surface area (Å²) in [5.74, 6) is -0.349. The van der Waals surface area contributed by atoms with Crippen LogP contribution in [-0.4, -0.2) is 58.8 Å². The van der Waals surface area contributed by atoms with Crippen LogP contribution in [-0.2, 0) is 4.79 Å². The molecule has 2 amide bonds. The molecule has 5 rings (SSSR count). The molecule has 2 aromatic carbocycles. The van der Waals surface area contributed by atoms with Crippen LogP contribution >= 0.6 is 11.8 Å². The van der Waals surface area contributed by atoms with Crippen molar-refractivity contribution in [3.8, 4) is 5.69 Å². The molecule has 2 aliphatic heterocycles. The zero-order valence-corrected chi connectivity index (χ0v) is 17.4. The number of imide groups is 1. The summed E-state index contributed by atoms with van der Waals surface area (Å²) in [6.45, 7) is 4.23. The van der Waals surface area contributed by atoms with E-state index in [9.17, 15) is 9.59 Å². The molecule has 1 N–H and O–H groups in total. The van der Waals surface area contributed by atoms with Gasteiger partial charge in [0.2, 0.25) is 0 Å². The number of nitrogens with zero attached hydrogens (tertiary/aromatic N) is 4. The van der Waals surface area contributed by atoms with Crippen molar-refractivity contribution in [3.05, 3.63) is 59.3 Å². The van der Waals surface area contributed by atoms with Gasteiger partial charge in [0.25, 0.3) is 11.1 Å². The Labute approximate surface area is 178 Å². The van der Waals surface area contributed by atoms with Gasteiger partial charge in [-0.15, -0.1) is 0 Å². The van der Waals surface area contributed by atoms with Crippen molar-refractivity contribution >= 4 is 45.7 Å². The second-order valence-electron chi connectivity index (χ2n) is 7.52. The molecule has 2 saturated heterocycles. The van der Waals surface area contributed by atoms with E-state index >= 15 is 0 Å². The predicted octanol–water partition coefficient (Wildman–Crippen LogP) is 3.10. The molecule has 0 unspecified atom stereocenters. The molecule has 2 aliphatic rings. The van der Waals surface area contributed by atoms with Crippen LogP contribution in [0.3, 0.4) is 0 Å². The lowest BCUT2D eigenvalue weighted by atomic mass is 10.1. The summed E-state index contributed by atoms with van der Waals surface area (Å²) in [5.41, 5.74) is 4.94. The number of thioether (sulfide) groups is 1. The standard InChI is InChI=1S/C22H21N5O2S/c1-25-8-10-26(11-9-25)16-3-5-17(6-4-16)27-14-23-18-7-2-15(12-19(18)27)13-20-21(28)24-22(29)30-20/h2-7,12-14H,8-11H2,1H3,(H,24,28,29). The Bertz CT molecular complexity index is 1160. The maximum atomic E-state index is 11.8. The topological polar surface area (TPSA) is 70.5 Å². The van der Waals surface area contributed by atoms with Gasteiger partial charge in [-0.2, -0.15) is 0 Å². The summed E-state index contributed by atoms with van der Waals surface area (Å²) in [4.78, 5) is 32.9. The van der Waals surface area contributed by atoms with Crippen molar-refractivity contribution in [1.82, 2.24) is 19.8 Å². The summed E-state index contributed by atoms with van der Waals surface area (Å²) < 4.78 is 2.04. The number of likely N-dealkylation sites (N-methyl/N-ethyl adjacent to an activating group) is 1. The molecular formula is C22H21N5O2S. The van der Waals surface area contributed by atoms with Crippen molar-refractivity contribution in [2.75, 3.05) is 38.1 Å². The van der Waals surface area contributed by atoms with Gasteiger partial charge in [-0.25, -0.2) is 4.98 Å². The second kappa shape index (κ2) is 7.62. The van der Waals surface area contributed by atoms with Crippen LogP contribution in [0, 0.1) is 0 Å². The number of hydrogen-bond donors (Lipinski definition) is 1. The molecule has 3 aromatic rings. The van der Waals surface area contributed by atoms with E-state index in [-0.39, 0.29) is 11.1 Å². The largest absolute Gasteiger partial charge is 0.369 e. The van der Waals surface area contributed by atoms with Crippen LogP contribution in [0.1, 0.15) is 5.56 Å². The van der Waals surface area contributed by atoms with Crippen molar-refractivity contribution in [2.24, 2.45) is 0 Å². The molecule has 0 bridgehead atoms. The fourth-order valence-corrected chi connectivity index (χ4v) is 4.46. The highest BCUT2D eigenvalue weighted by Gasteiger charge is 2.25. The van der Waals surface area contributed by atoms with E-state index in [1.54, 1.807) is 6.08 Å². The van der Waals surface area contributed by atoms with E-state index in [1.807, 2.05) is 29.1 Å². The zero-order chi connectivity index (χ0) is 20.7. The van der Waals surface area contributed by atoms with E-state index in [0.717, 1.165) is 60.2 Å². The minimum atomic E-state index is -0.349. The Kier molecular flexibility index (Phi) is 4.80. The molecule has 1 aromatic heterocycles. The monoisotopic (exact) mass is 419 g/mol. The molecule has 3 heterocycles. The number of amides is 2. The van der Waals surface area contributed by atoms with Crippen molar-refractivity contribution in [1.29, 1.82) is 0 Å². The van der Waals surface area contributed by atoms with Gasteiger partial charge in [0, 0.05) is 37.6 Å². The number of hydrogen-bond acceptors (Lipinski definition) is 6. The molecule has 8 heteroatoms. The molecule has 7 nitrogen and oxygen atoms in total. The highest BCUT2D eigenvalue weighted by molar-refractivity contribution is 8.18. The Morgan fingerprint density at radius 3 is 2.43 bits per heavy atom. The second-order valence-corrected chi connectivity index (χ2v) is 8.54. The molecular weight excluding hydrogens is 398 g/mol. The number of fused-ring (bicyclic) bond motifs is 1. The number of carbonyl (C=O) groups is 2. The summed E-state index contributed by atoms with van der Waals surface area (Å²) in [6.07, 6.45) is 3.55. The number of benzene rings is 2. The summed E-state index contributed by atoms with van der Waals surface area (Å²) in [6, 6.07) is 14.3. The minimum absolute atomic E-state index is 0.335. The highest BCUT2D eigenvalue weighted by atomic mass is 32.2. The number of rotatable bonds is 3. The molecule has 30 heavy (non-hydrogen) atoms. The third kappa shape index (κ3) is 3.59. The number of anilines is 1. The fraction of sp³-hybridized carbons (Fsp3) is 0.227. The first-order chi connectivity index (χ1) is 14.6. The van der Waals surface area contributed by atoms with E-state index in [0.29, 0.717) is 4.91 Å². The van der Waals surface area contributed by atoms with Crippen molar-refractivity contribution < 1.29 is 9.59 Å². The van der Waals surface area contributed by atoms with Gasteiger partial charge in [-0.3, -0.25) is 19.5 Å². The van der Waals surface area contributed by atoms with Gasteiger partial charge in [-0.05, 0) is 66.8 Å². The van der Waals surface area contributed by atoms with Crippen LogP contribution < -0.4 is 10.2 Å². The lowest BCUT2D eigenvalue weighted by molar-refractivity contribution is -0.115. The summed E-state index contributed by atoms with van der Waals surface area (Å²) in [5, 5.41) is 1.95. The maximum Gasteiger partial charge on any atom is 0.290 e. The summed E-state index contributed by atoms with van der Waals surface area (Å²) >= 11 is 0.923. The highest BCUT2D eigenvalue weighted by Crippen LogP contribution is 2.28. The lowest BCUT2D eigenvalue weighted by Crippen LogP contribution is -2.44. The Morgan fingerprint density at radius 1 is 1.00 bits per heavy atom. The predicted molar refractivity (Wildman–Crippen MR) is 120 cm³/mol. The van der Waals surface area contributed by atoms with Gasteiger partial charge in [-0.1, -0.05) is 6.07 Å². The summed E-state index contributed by atoms with van der Waals surface area (Å²) in [7, 11) is 2.16. The van der Waals surface area contributed by atoms with E-state index in [4.69, 9.17) is 0 Å². The maximum absolute atomic E-state index is 11.8. The van der Waals surface area contributed by atoms with Crippen LogP contribution in [0.25, 0.3) is 22.8 Å². The molecule has 0 atom stereocenters. The average molecular weight is 420 g/mol. The van der Waals surface area contributed by atoms with Crippen LogP contribution in [0.4, 0.5) is 10.5 Å². The van der Waals surface area contributed by atoms with E-state index < -0.39 is 0 Å². The SMILES string of the molecule is CN1CCN(c2ccc(-n3cnc4ccc(C=C5SC(=O)NC5=O)cc43)cc2)CC1. The first-order valence-electron chi connectivity index (χ1n) is 9.83. The smallest absolute Gasteiger partial charge is 0.290 e. The third-order valence-corrected chi connectivity index (χ3v) is 6.32. The van der Waals surface area contributed by atoms with Gasteiger partial charge in [0.1, 0.15) is 6.33 Å². The number of aromatic nitrogens is 2. The number of carbonyl (C=O) groups excluding carboxylic acids is 2. The van der Waals surface area contributed by atoms with Crippen LogP contribution in [0.2, 0.25) is 0 Å². The fourth-order valence-electron chi connectivity index (χ4n) is 3.78. The third-order valence-electron chi connectivity index (χ3n) is 5.51. The first kappa shape index (κ1) is 18.9. The molecule has 0 aliphatic carbocycles. The number of nitrogens with one attached hydrogen (secondary N) is 1. The van der Waals surface area contributed by atoms with E-state index in [2.05, 4.69) is 51.4 Å². The Hall–Kier alpha value is -3.10. The lowest BCUT2D eigenvalue weighted by Gasteiger charge is -2.34. The Balaban J connectivity index is 1.44. The van der Waals surface area contributed by atoms with E-state index in [1.165, 1.54) is 5.69 Å². The molecule has 2 fully saturated rings. The average Bonchev–Trinajstić information content (AvgIpc) is 3.31. The van der Waals surface area contributed by atoms with Gasteiger partial charge < -0.3 is 9.80 Å². The van der Waals surface area contributed by atoms with Crippen molar-refractivity contribution in [2.45, 2.75) is 0 Å². The van der Waals surface area contributed by atoms with Crippen LogP contribution in [0.15, 0.2) is 53.7 Å². The molecule has 152 valence electrons. The van der Waals surface area contributed by atoms with Gasteiger partial charge >= 0.3 is 0 Å². The van der Waals surface area contributed by atoms with Crippen molar-refractivity contribution in [3.63, 3.8) is 0 Å². The number of piperazine rings is 1. The molecule has 0 saturated carbocycles. The van der Waals surface area contributed by atoms with Gasteiger partial charge in [0.15, 0.2) is 0 Å². The van der Waals surface area contributed by atoms with Crippen LogP contribution in [0.5, 0.6) is 0 Å². The quantitative estimate of drug-likeness (QED) is 0.658. The Morgan fingerprint density at radius 2 is 1.73 bits per heavy atom. The minimum Gasteiger partial charge on any atom is -0.369 e. The number of imidazole rings is 1. The van der Waals surface area contributed by atoms with Gasteiger partial charge in [0.05, 0.1) is 15.9 Å². The molecule has 0 spiro atoms. The normalized spacial score (nSPS) is 19.1.